The minimum absolute atomic E-state index is 0.0549. The molecule has 2 nitrogen and oxygen atoms in total. The molecule has 1 unspecified atom stereocenters. The van der Waals surface area contributed by atoms with Gasteiger partial charge in [-0.1, -0.05) is 135 Å². The van der Waals surface area contributed by atoms with Crippen LogP contribution in [-0.4, -0.2) is 4.57 Å². The van der Waals surface area contributed by atoms with Crippen molar-refractivity contribution in [1.82, 2.24) is 4.57 Å². The molecule has 2 aliphatic rings. The molecule has 0 fully saturated rings. The van der Waals surface area contributed by atoms with E-state index in [-0.39, 0.29) is 5.41 Å². The van der Waals surface area contributed by atoms with E-state index in [0.29, 0.717) is 5.92 Å². The second-order valence-corrected chi connectivity index (χ2v) is 14.9. The maximum Gasteiger partial charge on any atom is 0.0541 e. The first-order valence-corrected chi connectivity index (χ1v) is 18.7. The SMILES string of the molecule is CC1(C)c2ccccc2-c2ccc(N(c3ccccc3)c3ccc(C4C=CC(c5ccc6c(c5)c5ccccc5n6-c5ccccc5)=CC4)cc3)cc21. The fraction of sp³-hybridized carbons (Fsp3) is 0.0980. The first-order chi connectivity index (χ1) is 26.0. The fourth-order valence-electron chi connectivity index (χ4n) is 8.82. The van der Waals surface area contributed by atoms with Crippen molar-refractivity contribution < 1.29 is 0 Å². The van der Waals surface area contributed by atoms with Crippen LogP contribution in [0.3, 0.4) is 0 Å². The second-order valence-electron chi connectivity index (χ2n) is 14.9. The molecule has 0 saturated carbocycles. The standard InChI is InChI=1S/C51H40N2/c1-51(2)47-19-11-9-17-43(47)44-31-30-42(34-48(44)51)52(39-13-5-3-6-14-39)41-28-25-36(26-29-41)35-21-23-37(24-22-35)38-27-32-50-46(33-38)45-18-10-12-20-49(45)53(50)40-15-7-4-8-16-40/h3-21,23-35H,22H2,1-2H3. The summed E-state index contributed by atoms with van der Waals surface area (Å²) in [6.45, 7) is 4.70. The van der Waals surface area contributed by atoms with Gasteiger partial charge < -0.3 is 9.47 Å². The lowest BCUT2D eigenvalue weighted by Gasteiger charge is -2.28. The molecule has 254 valence electrons. The van der Waals surface area contributed by atoms with E-state index in [4.69, 9.17) is 0 Å². The van der Waals surface area contributed by atoms with Gasteiger partial charge >= 0.3 is 0 Å². The fourth-order valence-corrected chi connectivity index (χ4v) is 8.82. The maximum atomic E-state index is 2.41. The number of allylic oxidation sites excluding steroid dienone is 4. The van der Waals surface area contributed by atoms with Crippen molar-refractivity contribution in [3.8, 4) is 16.8 Å². The highest BCUT2D eigenvalue weighted by molar-refractivity contribution is 6.10. The Hall–Kier alpha value is -6.38. The van der Waals surface area contributed by atoms with Crippen LogP contribution in [0, 0.1) is 0 Å². The molecule has 0 radical (unpaired) electrons. The van der Waals surface area contributed by atoms with Gasteiger partial charge in [0.2, 0.25) is 0 Å². The van der Waals surface area contributed by atoms with Crippen molar-refractivity contribution in [3.05, 3.63) is 210 Å². The Labute approximate surface area is 311 Å². The zero-order valence-corrected chi connectivity index (χ0v) is 30.1. The Bertz CT molecular complexity index is 2710. The lowest BCUT2D eigenvalue weighted by Crippen LogP contribution is -2.16. The first-order valence-electron chi connectivity index (χ1n) is 18.7. The third-order valence-electron chi connectivity index (χ3n) is 11.5. The summed E-state index contributed by atoms with van der Waals surface area (Å²) in [5, 5.41) is 2.57. The van der Waals surface area contributed by atoms with E-state index in [9.17, 15) is 0 Å². The van der Waals surface area contributed by atoms with Gasteiger partial charge in [0.25, 0.3) is 0 Å². The molecule has 0 saturated heterocycles. The van der Waals surface area contributed by atoms with Gasteiger partial charge in [0, 0.05) is 44.9 Å². The molecule has 0 N–H and O–H groups in total. The quantitative estimate of drug-likeness (QED) is 0.170. The average molecular weight is 681 g/mol. The topological polar surface area (TPSA) is 8.17 Å². The largest absolute Gasteiger partial charge is 0.310 e. The molecule has 7 aromatic carbocycles. The Balaban J connectivity index is 0.939. The normalized spacial score (nSPS) is 15.7. The van der Waals surface area contributed by atoms with Gasteiger partial charge in [0.05, 0.1) is 11.0 Å². The number of benzene rings is 7. The smallest absolute Gasteiger partial charge is 0.0541 e. The minimum Gasteiger partial charge on any atom is -0.310 e. The molecule has 8 aromatic rings. The van der Waals surface area contributed by atoms with E-state index < -0.39 is 0 Å². The molecule has 0 spiro atoms. The third-order valence-corrected chi connectivity index (χ3v) is 11.5. The van der Waals surface area contributed by atoms with E-state index in [0.717, 1.165) is 17.8 Å². The maximum absolute atomic E-state index is 2.41. The van der Waals surface area contributed by atoms with Crippen LogP contribution in [0.4, 0.5) is 17.1 Å². The summed E-state index contributed by atoms with van der Waals surface area (Å²) in [5.41, 5.74) is 16.4. The van der Waals surface area contributed by atoms with Crippen LogP contribution in [0.25, 0.3) is 44.2 Å². The highest BCUT2D eigenvalue weighted by atomic mass is 15.1. The van der Waals surface area contributed by atoms with Gasteiger partial charge in [0.15, 0.2) is 0 Å². The van der Waals surface area contributed by atoms with Crippen molar-refractivity contribution in [3.63, 3.8) is 0 Å². The number of nitrogens with zero attached hydrogens (tertiary/aromatic N) is 2. The summed E-state index contributed by atoms with van der Waals surface area (Å²) in [4.78, 5) is 2.39. The molecule has 0 amide bonds. The van der Waals surface area contributed by atoms with Crippen molar-refractivity contribution >= 4 is 44.4 Å². The van der Waals surface area contributed by atoms with Crippen molar-refractivity contribution in [2.24, 2.45) is 0 Å². The summed E-state index contributed by atoms with van der Waals surface area (Å²) in [5.74, 6) is 0.334. The Kier molecular flexibility index (Phi) is 7.33. The van der Waals surface area contributed by atoms with Crippen molar-refractivity contribution in [2.75, 3.05) is 4.90 Å². The number of anilines is 3. The van der Waals surface area contributed by atoms with Crippen LogP contribution in [0.15, 0.2) is 188 Å². The van der Waals surface area contributed by atoms with Crippen LogP contribution in [0.5, 0.6) is 0 Å². The molecule has 1 aromatic heterocycles. The molecule has 1 heterocycles. The van der Waals surface area contributed by atoms with Crippen LogP contribution in [0.2, 0.25) is 0 Å². The number of hydrogen-bond acceptors (Lipinski definition) is 1. The monoisotopic (exact) mass is 680 g/mol. The highest BCUT2D eigenvalue weighted by Crippen LogP contribution is 2.50. The molecular formula is C51H40N2. The van der Waals surface area contributed by atoms with Gasteiger partial charge in [-0.3, -0.25) is 0 Å². The zero-order valence-electron chi connectivity index (χ0n) is 30.1. The van der Waals surface area contributed by atoms with Gasteiger partial charge in [-0.2, -0.15) is 0 Å². The summed E-state index contributed by atoms with van der Waals surface area (Å²) in [6.07, 6.45) is 8.09. The lowest BCUT2D eigenvalue weighted by molar-refractivity contribution is 0.660. The van der Waals surface area contributed by atoms with Gasteiger partial charge in [-0.15, -0.1) is 0 Å². The van der Waals surface area contributed by atoms with Crippen molar-refractivity contribution in [2.45, 2.75) is 31.6 Å². The van der Waals surface area contributed by atoms with Gasteiger partial charge in [0.1, 0.15) is 0 Å². The van der Waals surface area contributed by atoms with Crippen LogP contribution >= 0.6 is 0 Å². The Morgan fingerprint density at radius 1 is 0.547 bits per heavy atom. The number of rotatable bonds is 6. The summed E-state index contributed by atoms with van der Waals surface area (Å²) < 4.78 is 2.38. The number of hydrogen-bond donors (Lipinski definition) is 0. The van der Waals surface area contributed by atoms with Gasteiger partial charge in [-0.05, 0) is 112 Å². The zero-order chi connectivity index (χ0) is 35.5. The minimum atomic E-state index is -0.0549. The van der Waals surface area contributed by atoms with Crippen LogP contribution in [-0.2, 0) is 5.41 Å². The molecule has 53 heavy (non-hydrogen) atoms. The lowest BCUT2D eigenvalue weighted by atomic mass is 9.82. The van der Waals surface area contributed by atoms with Crippen LogP contribution < -0.4 is 4.90 Å². The summed E-state index contributed by atoms with van der Waals surface area (Å²) in [7, 11) is 0. The number of aromatic nitrogens is 1. The highest BCUT2D eigenvalue weighted by Gasteiger charge is 2.35. The number of fused-ring (bicyclic) bond motifs is 6. The second kappa shape index (κ2) is 12.4. The molecule has 0 aliphatic heterocycles. The van der Waals surface area contributed by atoms with Crippen molar-refractivity contribution in [1.29, 1.82) is 0 Å². The van der Waals surface area contributed by atoms with E-state index in [1.165, 1.54) is 72.1 Å². The van der Waals surface area contributed by atoms with Gasteiger partial charge in [-0.25, -0.2) is 0 Å². The summed E-state index contributed by atoms with van der Waals surface area (Å²) >= 11 is 0. The molecular weight excluding hydrogens is 641 g/mol. The average Bonchev–Trinajstić information content (AvgIpc) is 3.67. The number of para-hydroxylation sites is 3. The van der Waals surface area contributed by atoms with E-state index >= 15 is 0 Å². The van der Waals surface area contributed by atoms with Crippen LogP contribution in [0.1, 0.15) is 48.4 Å². The third kappa shape index (κ3) is 5.17. The summed E-state index contributed by atoms with van der Waals surface area (Å²) in [6, 6.07) is 62.2. The molecule has 2 aliphatic carbocycles. The Morgan fingerprint density at radius 2 is 1.21 bits per heavy atom. The molecule has 10 rings (SSSR count). The van der Waals surface area contributed by atoms with E-state index in [2.05, 4.69) is 211 Å². The predicted molar refractivity (Wildman–Crippen MR) is 224 cm³/mol. The predicted octanol–water partition coefficient (Wildman–Crippen LogP) is 13.7. The molecule has 2 heteroatoms. The first kappa shape index (κ1) is 31.4. The molecule has 1 atom stereocenters. The molecule has 0 bridgehead atoms. The van der Waals surface area contributed by atoms with E-state index in [1.807, 2.05) is 0 Å². The Morgan fingerprint density at radius 3 is 2.00 bits per heavy atom. The van der Waals surface area contributed by atoms with E-state index in [1.54, 1.807) is 0 Å².